The Morgan fingerprint density at radius 2 is 2.14 bits per heavy atom. The first kappa shape index (κ1) is 14.1. The van der Waals surface area contributed by atoms with Crippen LogP contribution in [0.2, 0.25) is 5.02 Å². The third-order valence-corrected chi connectivity index (χ3v) is 4.40. The van der Waals surface area contributed by atoms with Crippen molar-refractivity contribution in [3.8, 4) is 16.5 Å². The number of hydrogen-bond acceptors (Lipinski definition) is 5. The molecule has 1 N–H and O–H groups in total. The number of aromatic nitrogens is 2. The molecule has 0 saturated carbocycles. The minimum atomic E-state index is 0.642. The zero-order valence-corrected chi connectivity index (χ0v) is 13.3. The maximum atomic E-state index is 6.19. The van der Waals surface area contributed by atoms with Crippen LogP contribution in [0.3, 0.4) is 0 Å². The van der Waals surface area contributed by atoms with Gasteiger partial charge in [0.05, 0.1) is 22.5 Å². The van der Waals surface area contributed by atoms with E-state index in [1.807, 2.05) is 36.6 Å². The quantitative estimate of drug-likeness (QED) is 0.771. The van der Waals surface area contributed by atoms with Gasteiger partial charge in [-0.05, 0) is 36.6 Å². The monoisotopic (exact) mass is 319 g/mol. The van der Waals surface area contributed by atoms with Crippen LogP contribution in [0.15, 0.2) is 29.6 Å². The first-order chi connectivity index (χ1) is 10.2. The second-order valence-corrected chi connectivity index (χ2v) is 5.73. The third-order valence-electron chi connectivity index (χ3n) is 3.07. The average Bonchev–Trinajstić information content (AvgIpc) is 2.93. The molecule has 0 saturated heterocycles. The Kier molecular flexibility index (Phi) is 3.94. The fourth-order valence-corrected chi connectivity index (χ4v) is 3.16. The summed E-state index contributed by atoms with van der Waals surface area (Å²) in [6.45, 7) is 2.81. The summed E-state index contributed by atoms with van der Waals surface area (Å²) in [5, 5.41) is 6.83. The Morgan fingerprint density at radius 1 is 1.29 bits per heavy atom. The van der Waals surface area contributed by atoms with Crippen molar-refractivity contribution in [3.05, 3.63) is 34.7 Å². The topological polar surface area (TPSA) is 47.0 Å². The van der Waals surface area contributed by atoms with Crippen molar-refractivity contribution >= 4 is 39.7 Å². The van der Waals surface area contributed by atoms with Crippen molar-refractivity contribution in [3.63, 3.8) is 0 Å². The van der Waals surface area contributed by atoms with Gasteiger partial charge in [0, 0.05) is 11.9 Å². The maximum absolute atomic E-state index is 6.19. The van der Waals surface area contributed by atoms with Crippen LogP contribution in [0.4, 0.5) is 5.82 Å². The molecule has 0 unspecified atom stereocenters. The Balaban J connectivity index is 2.23. The largest absolute Gasteiger partial charge is 0.497 e. The van der Waals surface area contributed by atoms with Crippen molar-refractivity contribution in [1.82, 2.24) is 9.97 Å². The standard InChI is InChI=1S/C15H14ClN3OS/c1-3-17-14-10-8-9(20-2)4-5-12(10)18-15(19-14)13-11(16)6-7-21-13/h4-8H,3H2,1-2H3,(H,17,18,19). The lowest BCUT2D eigenvalue weighted by Gasteiger charge is -2.10. The highest BCUT2D eigenvalue weighted by Crippen LogP contribution is 2.34. The zero-order valence-electron chi connectivity index (χ0n) is 11.7. The lowest BCUT2D eigenvalue weighted by atomic mass is 10.2. The number of benzene rings is 1. The average molecular weight is 320 g/mol. The fraction of sp³-hybridized carbons (Fsp3) is 0.200. The highest BCUT2D eigenvalue weighted by molar-refractivity contribution is 7.14. The van der Waals surface area contributed by atoms with Crippen LogP contribution in [-0.2, 0) is 0 Å². The van der Waals surface area contributed by atoms with E-state index in [0.717, 1.165) is 33.9 Å². The van der Waals surface area contributed by atoms with Gasteiger partial charge in [-0.25, -0.2) is 9.97 Å². The number of fused-ring (bicyclic) bond motifs is 1. The van der Waals surface area contributed by atoms with Gasteiger partial charge in [0.1, 0.15) is 11.6 Å². The molecule has 21 heavy (non-hydrogen) atoms. The van der Waals surface area contributed by atoms with Crippen LogP contribution >= 0.6 is 22.9 Å². The van der Waals surface area contributed by atoms with Crippen LogP contribution in [0.5, 0.6) is 5.75 Å². The number of nitrogens with zero attached hydrogens (tertiary/aromatic N) is 2. The summed E-state index contributed by atoms with van der Waals surface area (Å²) in [7, 11) is 1.65. The molecular weight excluding hydrogens is 306 g/mol. The van der Waals surface area contributed by atoms with E-state index in [2.05, 4.69) is 15.3 Å². The molecule has 0 atom stereocenters. The molecule has 0 aliphatic rings. The van der Waals surface area contributed by atoms with E-state index in [1.54, 1.807) is 7.11 Å². The van der Waals surface area contributed by atoms with E-state index in [9.17, 15) is 0 Å². The highest BCUT2D eigenvalue weighted by Gasteiger charge is 2.13. The molecule has 4 nitrogen and oxygen atoms in total. The van der Waals surface area contributed by atoms with Gasteiger partial charge in [0.15, 0.2) is 5.82 Å². The van der Waals surface area contributed by atoms with E-state index in [-0.39, 0.29) is 0 Å². The summed E-state index contributed by atoms with van der Waals surface area (Å²) in [6.07, 6.45) is 0. The van der Waals surface area contributed by atoms with Crippen molar-refractivity contribution < 1.29 is 4.74 Å². The smallest absolute Gasteiger partial charge is 0.173 e. The molecule has 0 aliphatic heterocycles. The van der Waals surface area contributed by atoms with Crippen LogP contribution in [0, 0.1) is 0 Å². The predicted octanol–water partition coefficient (Wildman–Crippen LogP) is 4.45. The van der Waals surface area contributed by atoms with Crippen LogP contribution in [0.1, 0.15) is 6.92 Å². The van der Waals surface area contributed by atoms with Gasteiger partial charge in [-0.2, -0.15) is 0 Å². The maximum Gasteiger partial charge on any atom is 0.173 e. The minimum Gasteiger partial charge on any atom is -0.497 e. The Morgan fingerprint density at radius 3 is 2.81 bits per heavy atom. The van der Waals surface area contributed by atoms with E-state index >= 15 is 0 Å². The van der Waals surface area contributed by atoms with Crippen LogP contribution in [0.25, 0.3) is 21.6 Å². The Hall–Kier alpha value is -1.85. The van der Waals surface area contributed by atoms with Gasteiger partial charge in [0.25, 0.3) is 0 Å². The molecule has 0 radical (unpaired) electrons. The molecule has 2 aromatic heterocycles. The molecular formula is C15H14ClN3OS. The summed E-state index contributed by atoms with van der Waals surface area (Å²) < 4.78 is 5.27. The first-order valence-corrected chi connectivity index (χ1v) is 7.81. The fourth-order valence-electron chi connectivity index (χ4n) is 2.09. The first-order valence-electron chi connectivity index (χ1n) is 6.56. The van der Waals surface area contributed by atoms with Crippen LogP contribution < -0.4 is 10.1 Å². The zero-order chi connectivity index (χ0) is 14.8. The molecule has 1 aromatic carbocycles. The number of hydrogen-bond donors (Lipinski definition) is 1. The van der Waals surface area contributed by atoms with E-state index in [0.29, 0.717) is 10.8 Å². The molecule has 108 valence electrons. The number of methoxy groups -OCH3 is 1. The summed E-state index contributed by atoms with van der Waals surface area (Å²) >= 11 is 7.73. The Labute approximate surface area is 131 Å². The molecule has 3 aromatic rings. The molecule has 3 rings (SSSR count). The Bertz CT molecular complexity index is 788. The lowest BCUT2D eigenvalue weighted by molar-refractivity contribution is 0.415. The van der Waals surface area contributed by atoms with Crippen molar-refractivity contribution in [1.29, 1.82) is 0 Å². The summed E-state index contributed by atoms with van der Waals surface area (Å²) in [5.74, 6) is 2.22. The molecule has 6 heteroatoms. The molecule has 0 spiro atoms. The normalized spacial score (nSPS) is 10.8. The van der Waals surface area contributed by atoms with E-state index < -0.39 is 0 Å². The number of anilines is 1. The molecule has 0 aliphatic carbocycles. The number of thiophene rings is 1. The van der Waals surface area contributed by atoms with Crippen molar-refractivity contribution in [2.45, 2.75) is 6.92 Å². The van der Waals surface area contributed by atoms with Gasteiger partial charge in [0.2, 0.25) is 0 Å². The van der Waals surface area contributed by atoms with Gasteiger partial charge in [-0.3, -0.25) is 0 Å². The highest BCUT2D eigenvalue weighted by atomic mass is 35.5. The summed E-state index contributed by atoms with van der Waals surface area (Å²) in [6, 6.07) is 7.62. The number of halogens is 1. The number of nitrogens with one attached hydrogen (secondary N) is 1. The second-order valence-electron chi connectivity index (χ2n) is 4.41. The minimum absolute atomic E-state index is 0.642. The van der Waals surface area contributed by atoms with Gasteiger partial charge < -0.3 is 10.1 Å². The summed E-state index contributed by atoms with van der Waals surface area (Å²) in [5.41, 5.74) is 0.862. The predicted molar refractivity (Wildman–Crippen MR) is 88.6 cm³/mol. The molecule has 0 fully saturated rings. The van der Waals surface area contributed by atoms with Crippen molar-refractivity contribution in [2.75, 3.05) is 19.0 Å². The van der Waals surface area contributed by atoms with E-state index in [1.165, 1.54) is 11.3 Å². The van der Waals surface area contributed by atoms with E-state index in [4.69, 9.17) is 16.3 Å². The molecule has 0 bridgehead atoms. The second kappa shape index (κ2) is 5.87. The third kappa shape index (κ3) is 2.66. The number of ether oxygens (including phenoxy) is 1. The summed E-state index contributed by atoms with van der Waals surface area (Å²) in [4.78, 5) is 10.1. The number of rotatable bonds is 4. The van der Waals surface area contributed by atoms with Gasteiger partial charge >= 0.3 is 0 Å². The van der Waals surface area contributed by atoms with Gasteiger partial charge in [-0.15, -0.1) is 11.3 Å². The molecule has 0 amide bonds. The SMILES string of the molecule is CCNc1nc(-c2sccc2Cl)nc2ccc(OC)cc12. The van der Waals surface area contributed by atoms with Gasteiger partial charge in [-0.1, -0.05) is 11.6 Å². The van der Waals surface area contributed by atoms with Crippen molar-refractivity contribution in [2.24, 2.45) is 0 Å². The lowest BCUT2D eigenvalue weighted by Crippen LogP contribution is -2.03. The molecule has 2 heterocycles. The van der Waals surface area contributed by atoms with Crippen LogP contribution in [-0.4, -0.2) is 23.6 Å².